The van der Waals surface area contributed by atoms with E-state index in [-0.39, 0.29) is 11.2 Å². The van der Waals surface area contributed by atoms with Crippen molar-refractivity contribution in [2.45, 2.75) is 25.3 Å². The fourth-order valence-electron chi connectivity index (χ4n) is 4.19. The van der Waals surface area contributed by atoms with Crippen molar-refractivity contribution in [1.82, 2.24) is 4.98 Å². The van der Waals surface area contributed by atoms with Crippen molar-refractivity contribution in [2.24, 2.45) is 16.1 Å². The highest BCUT2D eigenvalue weighted by atomic mass is 32.2. The third-order valence-electron chi connectivity index (χ3n) is 5.55. The molecule has 1 aliphatic heterocycles. The SMILES string of the molecule is COc1nccc2c1C[C@@]1(c3cc(O)ccc3F)N=C(N)SC[C@@]1(C)C2. The Morgan fingerprint density at radius 2 is 2.12 bits per heavy atom. The Balaban J connectivity index is 2.01. The van der Waals surface area contributed by atoms with Gasteiger partial charge < -0.3 is 15.6 Å². The number of aromatic nitrogens is 1. The van der Waals surface area contributed by atoms with Crippen molar-refractivity contribution in [3.63, 3.8) is 0 Å². The first-order valence-electron chi connectivity index (χ1n) is 8.36. The predicted octanol–water partition coefficient (Wildman–Crippen LogP) is 3.00. The average Bonchev–Trinajstić information content (AvgIpc) is 2.62. The monoisotopic (exact) mass is 373 g/mol. The average molecular weight is 373 g/mol. The van der Waals surface area contributed by atoms with Gasteiger partial charge in [-0.3, -0.25) is 4.99 Å². The molecule has 0 bridgehead atoms. The zero-order valence-electron chi connectivity index (χ0n) is 14.6. The summed E-state index contributed by atoms with van der Waals surface area (Å²) in [5.74, 6) is 0.843. The molecule has 0 amide bonds. The van der Waals surface area contributed by atoms with Crippen LogP contribution in [0.4, 0.5) is 4.39 Å². The number of phenols is 1. The van der Waals surface area contributed by atoms with Gasteiger partial charge in [0, 0.05) is 34.9 Å². The van der Waals surface area contributed by atoms with Crippen LogP contribution in [-0.4, -0.2) is 28.1 Å². The Hall–Kier alpha value is -2.28. The van der Waals surface area contributed by atoms with Gasteiger partial charge in [0.1, 0.15) is 17.1 Å². The zero-order chi connectivity index (χ0) is 18.5. The molecule has 0 saturated heterocycles. The Bertz CT molecular complexity index is 920. The quantitative estimate of drug-likeness (QED) is 0.846. The molecule has 26 heavy (non-hydrogen) atoms. The molecule has 2 heterocycles. The minimum Gasteiger partial charge on any atom is -0.508 e. The van der Waals surface area contributed by atoms with Crippen LogP contribution < -0.4 is 10.5 Å². The molecule has 0 saturated carbocycles. The van der Waals surface area contributed by atoms with Gasteiger partial charge in [0.05, 0.1) is 7.11 Å². The molecular formula is C19H20FN3O2S. The molecule has 136 valence electrons. The third-order valence-corrected chi connectivity index (χ3v) is 6.72. The largest absolute Gasteiger partial charge is 0.508 e. The highest BCUT2D eigenvalue weighted by Crippen LogP contribution is 2.57. The fraction of sp³-hybridized carbons (Fsp3) is 0.368. The molecule has 1 aromatic heterocycles. The summed E-state index contributed by atoms with van der Waals surface area (Å²) < 4.78 is 20.3. The Labute approximate surface area is 155 Å². The topological polar surface area (TPSA) is 80.7 Å². The molecule has 5 nitrogen and oxygen atoms in total. The van der Waals surface area contributed by atoms with E-state index < -0.39 is 11.4 Å². The number of aromatic hydroxyl groups is 1. The number of hydrogen-bond donors (Lipinski definition) is 2. The number of phenolic OH excluding ortho intramolecular Hbond substituents is 1. The van der Waals surface area contributed by atoms with Crippen molar-refractivity contribution in [3.05, 3.63) is 53.0 Å². The molecule has 4 rings (SSSR count). The predicted molar refractivity (Wildman–Crippen MR) is 100 cm³/mol. The van der Waals surface area contributed by atoms with Gasteiger partial charge in [-0.2, -0.15) is 0 Å². The van der Waals surface area contributed by atoms with Crippen LogP contribution in [0.1, 0.15) is 23.6 Å². The summed E-state index contributed by atoms with van der Waals surface area (Å²) >= 11 is 1.49. The number of nitrogens with two attached hydrogens (primary N) is 1. The summed E-state index contributed by atoms with van der Waals surface area (Å²) in [6.07, 6.45) is 2.84. The first kappa shape index (κ1) is 17.1. The summed E-state index contributed by atoms with van der Waals surface area (Å²) in [4.78, 5) is 9.08. The van der Waals surface area contributed by atoms with Gasteiger partial charge in [-0.05, 0) is 36.2 Å². The summed E-state index contributed by atoms with van der Waals surface area (Å²) in [5.41, 5.74) is 7.20. The van der Waals surface area contributed by atoms with Crippen LogP contribution >= 0.6 is 11.8 Å². The zero-order valence-corrected chi connectivity index (χ0v) is 15.4. The van der Waals surface area contributed by atoms with Crippen LogP contribution in [0, 0.1) is 11.2 Å². The maximum absolute atomic E-state index is 14.9. The highest BCUT2D eigenvalue weighted by Gasteiger charge is 2.56. The molecule has 2 aliphatic rings. The van der Waals surface area contributed by atoms with E-state index in [0.717, 1.165) is 11.1 Å². The second-order valence-electron chi connectivity index (χ2n) is 7.14. The molecule has 3 N–H and O–H groups in total. The maximum atomic E-state index is 14.9. The van der Waals surface area contributed by atoms with Crippen molar-refractivity contribution >= 4 is 16.9 Å². The number of pyridine rings is 1. The van der Waals surface area contributed by atoms with Crippen molar-refractivity contribution in [1.29, 1.82) is 0 Å². The second-order valence-corrected chi connectivity index (χ2v) is 8.13. The van der Waals surface area contributed by atoms with E-state index in [1.165, 1.54) is 30.0 Å². The fourth-order valence-corrected chi connectivity index (χ4v) is 5.21. The normalized spacial score (nSPS) is 27.3. The number of nitrogens with zero attached hydrogens (tertiary/aromatic N) is 2. The number of aliphatic imine (C=N–C) groups is 1. The number of rotatable bonds is 2. The van der Waals surface area contributed by atoms with E-state index in [1.54, 1.807) is 13.3 Å². The van der Waals surface area contributed by atoms with Gasteiger partial charge >= 0.3 is 0 Å². The number of thioether (sulfide) groups is 1. The van der Waals surface area contributed by atoms with Crippen molar-refractivity contribution < 1.29 is 14.2 Å². The lowest BCUT2D eigenvalue weighted by Crippen LogP contribution is -2.54. The Morgan fingerprint density at radius 3 is 2.88 bits per heavy atom. The lowest BCUT2D eigenvalue weighted by molar-refractivity contribution is 0.146. The molecule has 1 aromatic carbocycles. The van der Waals surface area contributed by atoms with Crippen LogP contribution in [0.2, 0.25) is 0 Å². The van der Waals surface area contributed by atoms with Crippen LogP contribution in [0.3, 0.4) is 0 Å². The van der Waals surface area contributed by atoms with E-state index in [1.807, 2.05) is 6.07 Å². The number of amidine groups is 1. The smallest absolute Gasteiger partial charge is 0.216 e. The van der Waals surface area contributed by atoms with Crippen LogP contribution in [0.25, 0.3) is 0 Å². The van der Waals surface area contributed by atoms with Gasteiger partial charge in [-0.1, -0.05) is 18.7 Å². The summed E-state index contributed by atoms with van der Waals surface area (Å²) in [6.45, 7) is 2.11. The molecular weight excluding hydrogens is 353 g/mol. The molecule has 0 unspecified atom stereocenters. The minimum atomic E-state index is -0.922. The van der Waals surface area contributed by atoms with Gasteiger partial charge in [0.15, 0.2) is 5.17 Å². The molecule has 0 radical (unpaired) electrons. The van der Waals surface area contributed by atoms with Crippen LogP contribution in [0.5, 0.6) is 11.6 Å². The number of fused-ring (bicyclic) bond motifs is 2. The van der Waals surface area contributed by atoms with Crippen LogP contribution in [-0.2, 0) is 18.4 Å². The Morgan fingerprint density at radius 1 is 1.31 bits per heavy atom. The van der Waals surface area contributed by atoms with E-state index in [4.69, 9.17) is 15.5 Å². The van der Waals surface area contributed by atoms with E-state index in [9.17, 15) is 9.50 Å². The van der Waals surface area contributed by atoms with Crippen LogP contribution in [0.15, 0.2) is 35.5 Å². The van der Waals surface area contributed by atoms with Gasteiger partial charge in [0.25, 0.3) is 0 Å². The number of halogens is 1. The standard InChI is InChI=1S/C19H20FN3O2S/c1-18-8-11-5-6-22-16(25-2)13(11)9-19(18,23-17(21)26-10-18)14-7-12(24)3-4-15(14)20/h3-7,24H,8-10H2,1-2H3,(H2,21,23)/t18-,19+/m1/s1. The Kier molecular flexibility index (Phi) is 3.87. The van der Waals surface area contributed by atoms with Crippen molar-refractivity contribution in [2.75, 3.05) is 12.9 Å². The number of ether oxygens (including phenoxy) is 1. The minimum absolute atomic E-state index is 0.00840. The summed E-state index contributed by atoms with van der Waals surface area (Å²) in [5, 5.41) is 10.4. The maximum Gasteiger partial charge on any atom is 0.216 e. The van der Waals surface area contributed by atoms with Gasteiger partial charge in [-0.15, -0.1) is 0 Å². The summed E-state index contributed by atoms with van der Waals surface area (Å²) in [7, 11) is 1.58. The summed E-state index contributed by atoms with van der Waals surface area (Å²) in [6, 6.07) is 6.08. The van der Waals surface area contributed by atoms with E-state index in [0.29, 0.717) is 35.2 Å². The third kappa shape index (κ3) is 2.37. The lowest BCUT2D eigenvalue weighted by atomic mass is 9.59. The van der Waals surface area contributed by atoms with E-state index >= 15 is 0 Å². The highest BCUT2D eigenvalue weighted by molar-refractivity contribution is 8.13. The molecule has 1 aliphatic carbocycles. The molecule has 0 spiro atoms. The number of benzene rings is 1. The van der Waals surface area contributed by atoms with Crippen molar-refractivity contribution in [3.8, 4) is 11.6 Å². The van der Waals surface area contributed by atoms with Gasteiger partial charge in [0.2, 0.25) is 5.88 Å². The first-order valence-corrected chi connectivity index (χ1v) is 9.35. The molecule has 2 aromatic rings. The van der Waals surface area contributed by atoms with E-state index in [2.05, 4.69) is 11.9 Å². The molecule has 0 fully saturated rings. The first-order chi connectivity index (χ1) is 12.4. The van der Waals surface area contributed by atoms with Gasteiger partial charge in [-0.25, -0.2) is 9.37 Å². The number of methoxy groups -OCH3 is 1. The molecule has 2 atom stereocenters. The molecule has 7 heteroatoms. The second kappa shape index (κ2) is 5.87. The number of hydrogen-bond acceptors (Lipinski definition) is 6. The lowest BCUT2D eigenvalue weighted by Gasteiger charge is -2.52.